The first-order chi connectivity index (χ1) is 12.0. The summed E-state index contributed by atoms with van der Waals surface area (Å²) in [5, 5.41) is 5.02. The molecular weight excluding hydrogens is 338 g/mol. The fraction of sp³-hybridized carbons (Fsp3) is 0.556. The number of nitrogens with one attached hydrogen (secondary N) is 1. The predicted molar refractivity (Wildman–Crippen MR) is 97.7 cm³/mol. The number of aryl methyl sites for hydroxylation is 1. The number of oxazole rings is 1. The zero-order valence-electron chi connectivity index (χ0n) is 15.0. The first kappa shape index (κ1) is 18.1. The van der Waals surface area contributed by atoms with Gasteiger partial charge in [-0.25, -0.2) is 4.98 Å². The SMILES string of the molecule is Cc1oc(-c2cccs2)nc1CC(=O)NCC(C)(C)N1CCOCC1. The molecule has 2 aromatic heterocycles. The standard InChI is InChI=1S/C18H25N3O3S/c1-13-14(20-17(24-13)15-5-4-10-25-15)11-16(22)19-12-18(2,3)21-6-8-23-9-7-21/h4-5,10H,6-9,11-12H2,1-3H3,(H,19,22). The molecule has 0 saturated carbocycles. The van der Waals surface area contributed by atoms with E-state index >= 15 is 0 Å². The van der Waals surface area contributed by atoms with Crippen LogP contribution in [0.25, 0.3) is 10.8 Å². The summed E-state index contributed by atoms with van der Waals surface area (Å²) in [7, 11) is 0. The number of amides is 1. The second-order valence-corrected chi connectivity index (χ2v) is 7.81. The van der Waals surface area contributed by atoms with Crippen molar-refractivity contribution >= 4 is 17.2 Å². The molecule has 0 aliphatic carbocycles. The summed E-state index contributed by atoms with van der Waals surface area (Å²) >= 11 is 1.57. The van der Waals surface area contributed by atoms with Crippen LogP contribution in [0.15, 0.2) is 21.9 Å². The molecule has 0 aromatic carbocycles. The summed E-state index contributed by atoms with van der Waals surface area (Å²) in [5.74, 6) is 1.26. The van der Waals surface area contributed by atoms with E-state index in [2.05, 4.69) is 29.0 Å². The Morgan fingerprint density at radius 1 is 1.40 bits per heavy atom. The molecule has 0 atom stereocenters. The Morgan fingerprint density at radius 3 is 2.84 bits per heavy atom. The summed E-state index contributed by atoms with van der Waals surface area (Å²) < 4.78 is 11.1. The highest BCUT2D eigenvalue weighted by molar-refractivity contribution is 7.13. The number of carbonyl (C=O) groups is 1. The van der Waals surface area contributed by atoms with Crippen molar-refractivity contribution in [1.29, 1.82) is 0 Å². The Morgan fingerprint density at radius 2 is 2.16 bits per heavy atom. The zero-order valence-corrected chi connectivity index (χ0v) is 15.8. The molecule has 1 aliphatic heterocycles. The van der Waals surface area contributed by atoms with E-state index in [1.807, 2.05) is 24.4 Å². The van der Waals surface area contributed by atoms with Crippen LogP contribution in [-0.4, -0.2) is 54.2 Å². The topological polar surface area (TPSA) is 67.6 Å². The maximum Gasteiger partial charge on any atom is 0.236 e. The van der Waals surface area contributed by atoms with Crippen LogP contribution in [0, 0.1) is 6.92 Å². The van der Waals surface area contributed by atoms with Crippen LogP contribution in [-0.2, 0) is 16.0 Å². The molecule has 1 saturated heterocycles. The molecule has 1 N–H and O–H groups in total. The molecular formula is C18H25N3O3S. The minimum Gasteiger partial charge on any atom is -0.440 e. The maximum atomic E-state index is 12.4. The van der Waals surface area contributed by atoms with Crippen LogP contribution in [0.3, 0.4) is 0 Å². The van der Waals surface area contributed by atoms with Gasteiger partial charge in [-0.3, -0.25) is 9.69 Å². The molecule has 0 spiro atoms. The van der Waals surface area contributed by atoms with Crippen molar-refractivity contribution in [2.75, 3.05) is 32.8 Å². The third-order valence-electron chi connectivity index (χ3n) is 4.54. The van der Waals surface area contributed by atoms with Gasteiger partial charge in [0.05, 0.1) is 30.2 Å². The molecule has 1 fully saturated rings. The fourth-order valence-electron chi connectivity index (χ4n) is 2.91. The third-order valence-corrected chi connectivity index (χ3v) is 5.40. The van der Waals surface area contributed by atoms with Crippen molar-refractivity contribution in [2.24, 2.45) is 0 Å². The van der Waals surface area contributed by atoms with Crippen LogP contribution in [0.5, 0.6) is 0 Å². The monoisotopic (exact) mass is 363 g/mol. The number of hydrogen-bond acceptors (Lipinski definition) is 6. The molecule has 0 unspecified atom stereocenters. The van der Waals surface area contributed by atoms with Crippen molar-refractivity contribution in [3.63, 3.8) is 0 Å². The number of aromatic nitrogens is 1. The second-order valence-electron chi connectivity index (χ2n) is 6.86. The van der Waals surface area contributed by atoms with Gasteiger partial charge in [-0.1, -0.05) is 6.07 Å². The molecule has 0 radical (unpaired) electrons. The smallest absolute Gasteiger partial charge is 0.236 e. The van der Waals surface area contributed by atoms with Gasteiger partial charge < -0.3 is 14.5 Å². The molecule has 0 bridgehead atoms. The summed E-state index contributed by atoms with van der Waals surface area (Å²) in [6, 6.07) is 3.92. The van der Waals surface area contributed by atoms with Crippen LogP contribution in [0.1, 0.15) is 25.3 Å². The van der Waals surface area contributed by atoms with E-state index < -0.39 is 0 Å². The summed E-state index contributed by atoms with van der Waals surface area (Å²) in [5.41, 5.74) is 0.602. The lowest BCUT2D eigenvalue weighted by atomic mass is 10.0. The summed E-state index contributed by atoms with van der Waals surface area (Å²) in [6.45, 7) is 10.0. The lowest BCUT2D eigenvalue weighted by Crippen LogP contribution is -2.55. The largest absolute Gasteiger partial charge is 0.440 e. The van der Waals surface area contributed by atoms with Gasteiger partial charge in [0.25, 0.3) is 0 Å². The quantitative estimate of drug-likeness (QED) is 0.854. The van der Waals surface area contributed by atoms with Crippen molar-refractivity contribution in [2.45, 2.75) is 32.7 Å². The zero-order chi connectivity index (χ0) is 17.9. The number of hydrogen-bond donors (Lipinski definition) is 1. The normalized spacial score (nSPS) is 16.1. The van der Waals surface area contributed by atoms with Crippen molar-refractivity contribution in [3.05, 3.63) is 29.0 Å². The van der Waals surface area contributed by atoms with Gasteiger partial charge in [0.1, 0.15) is 5.76 Å². The molecule has 136 valence electrons. The average Bonchev–Trinajstić information content (AvgIpc) is 3.24. The Bertz CT molecular complexity index is 703. The minimum absolute atomic E-state index is 0.0320. The van der Waals surface area contributed by atoms with E-state index in [4.69, 9.17) is 9.15 Å². The van der Waals surface area contributed by atoms with Crippen LogP contribution in [0.2, 0.25) is 0 Å². The number of ether oxygens (including phenoxy) is 1. The highest BCUT2D eigenvalue weighted by atomic mass is 32.1. The average molecular weight is 363 g/mol. The van der Waals surface area contributed by atoms with E-state index in [1.165, 1.54) is 0 Å². The highest BCUT2D eigenvalue weighted by Crippen LogP contribution is 2.26. The van der Waals surface area contributed by atoms with E-state index in [0.29, 0.717) is 23.9 Å². The molecule has 6 nitrogen and oxygen atoms in total. The first-order valence-electron chi connectivity index (χ1n) is 8.55. The fourth-order valence-corrected chi connectivity index (χ4v) is 3.56. The van der Waals surface area contributed by atoms with Crippen LogP contribution in [0.4, 0.5) is 0 Å². The molecule has 3 heterocycles. The maximum absolute atomic E-state index is 12.4. The van der Waals surface area contributed by atoms with Crippen molar-refractivity contribution < 1.29 is 13.9 Å². The third kappa shape index (κ3) is 4.48. The van der Waals surface area contributed by atoms with E-state index in [1.54, 1.807) is 11.3 Å². The van der Waals surface area contributed by atoms with Gasteiger partial charge in [-0.15, -0.1) is 11.3 Å². The van der Waals surface area contributed by atoms with Crippen molar-refractivity contribution in [3.8, 4) is 10.8 Å². The van der Waals surface area contributed by atoms with Gasteiger partial charge in [-0.2, -0.15) is 0 Å². The molecule has 7 heteroatoms. The van der Waals surface area contributed by atoms with Gasteiger partial charge in [0.15, 0.2) is 0 Å². The Balaban J connectivity index is 1.56. The Kier molecular flexibility index (Phi) is 5.56. The second kappa shape index (κ2) is 7.68. The minimum atomic E-state index is -0.0968. The molecule has 25 heavy (non-hydrogen) atoms. The van der Waals surface area contributed by atoms with E-state index in [0.717, 1.165) is 31.2 Å². The predicted octanol–water partition coefficient (Wildman–Crippen LogP) is 2.48. The van der Waals surface area contributed by atoms with Crippen LogP contribution >= 0.6 is 11.3 Å². The lowest BCUT2D eigenvalue weighted by molar-refractivity contribution is -0.121. The van der Waals surface area contributed by atoms with Crippen molar-refractivity contribution in [1.82, 2.24) is 15.2 Å². The van der Waals surface area contributed by atoms with Gasteiger partial charge in [0, 0.05) is 25.2 Å². The molecule has 2 aromatic rings. The first-order valence-corrected chi connectivity index (χ1v) is 9.43. The summed E-state index contributed by atoms with van der Waals surface area (Å²) in [4.78, 5) is 20.2. The number of morpholine rings is 1. The van der Waals surface area contributed by atoms with E-state index in [9.17, 15) is 4.79 Å². The van der Waals surface area contributed by atoms with Crippen LogP contribution < -0.4 is 5.32 Å². The van der Waals surface area contributed by atoms with E-state index in [-0.39, 0.29) is 17.9 Å². The Hall–Kier alpha value is -1.70. The number of nitrogens with zero attached hydrogens (tertiary/aromatic N) is 2. The highest BCUT2D eigenvalue weighted by Gasteiger charge is 2.28. The molecule has 3 rings (SSSR count). The lowest BCUT2D eigenvalue weighted by Gasteiger charge is -2.40. The summed E-state index contributed by atoms with van der Waals surface area (Å²) in [6.07, 6.45) is 0.236. The Labute approximate surface area is 152 Å². The van der Waals surface area contributed by atoms with Gasteiger partial charge >= 0.3 is 0 Å². The number of thiophene rings is 1. The number of rotatable bonds is 6. The number of carbonyl (C=O) groups excluding carboxylic acids is 1. The molecule has 1 aliphatic rings. The van der Waals surface area contributed by atoms with Gasteiger partial charge in [0.2, 0.25) is 11.8 Å². The van der Waals surface area contributed by atoms with Gasteiger partial charge in [-0.05, 0) is 32.2 Å². The molecule has 1 amide bonds.